The lowest BCUT2D eigenvalue weighted by molar-refractivity contribution is -0.949. The first-order valence-electron chi connectivity index (χ1n) is 10.3. The smallest absolute Gasteiger partial charge is 0.318 e. The van der Waals surface area contributed by atoms with Gasteiger partial charge in [0.2, 0.25) is 0 Å². The second kappa shape index (κ2) is 10.3. The van der Waals surface area contributed by atoms with E-state index in [9.17, 15) is 4.79 Å². The maximum Gasteiger partial charge on any atom is 0.318 e. The molecule has 0 spiro atoms. The fraction of sp³-hybridized carbons (Fsp3) is 0.435. The Balaban J connectivity index is 0.000000785. The Morgan fingerprint density at radius 3 is 1.84 bits per heavy atom. The summed E-state index contributed by atoms with van der Waals surface area (Å²) in [6, 6.07) is 16.3. The number of carbonyl (C=O) groups is 1. The number of fused-ring (bicyclic) bond motifs is 2. The molecule has 0 aliphatic carbocycles. The predicted molar refractivity (Wildman–Crippen MR) is 117 cm³/mol. The number of para-hydroxylation sites is 2. The second-order valence-electron chi connectivity index (χ2n) is 8.26. The Morgan fingerprint density at radius 2 is 1.42 bits per heavy atom. The number of carbonyl (C=O) groups excluding carboxylic acids is 1. The number of esters is 1. The van der Waals surface area contributed by atoms with Crippen molar-refractivity contribution in [2.45, 2.75) is 45.7 Å². The van der Waals surface area contributed by atoms with Crippen molar-refractivity contribution < 1.29 is 23.8 Å². The number of benzene rings is 2. The molecule has 0 bridgehead atoms. The minimum atomic E-state index is -1.75. The fourth-order valence-electron chi connectivity index (χ4n) is 3.70. The van der Waals surface area contributed by atoms with Crippen LogP contribution in [0, 0.1) is 15.3 Å². The van der Waals surface area contributed by atoms with Crippen LogP contribution in [0.25, 0.3) is 0 Å². The summed E-state index contributed by atoms with van der Waals surface area (Å²) in [6.45, 7) is 10.1. The van der Waals surface area contributed by atoms with Gasteiger partial charge in [0.15, 0.2) is 0 Å². The van der Waals surface area contributed by atoms with Crippen LogP contribution in [0.15, 0.2) is 48.5 Å². The van der Waals surface area contributed by atoms with Gasteiger partial charge in [0, 0.05) is 11.1 Å². The van der Waals surface area contributed by atoms with Gasteiger partial charge in [0.25, 0.3) is 0 Å². The van der Waals surface area contributed by atoms with Crippen molar-refractivity contribution in [2.24, 2.45) is 0 Å². The van der Waals surface area contributed by atoms with Gasteiger partial charge in [-0.1, -0.05) is 36.4 Å². The van der Waals surface area contributed by atoms with Crippen LogP contribution in [-0.2, 0) is 9.53 Å². The first-order valence-corrected chi connectivity index (χ1v) is 10.3. The van der Waals surface area contributed by atoms with Crippen LogP contribution in [0.2, 0.25) is 0 Å². The Morgan fingerprint density at radius 1 is 1.00 bits per heavy atom. The topological polar surface area (TPSA) is 102 Å². The van der Waals surface area contributed by atoms with E-state index in [1.54, 1.807) is 0 Å². The van der Waals surface area contributed by atoms with Crippen molar-refractivity contribution in [3.05, 3.63) is 75.0 Å². The van der Waals surface area contributed by atoms with Crippen molar-refractivity contribution in [2.75, 3.05) is 20.2 Å². The van der Waals surface area contributed by atoms with E-state index in [-0.39, 0.29) is 5.97 Å². The standard InChI is InChI=1S/C23H30NO3.NO3/c1-16(2)24(5,17(3)4)14-15-26-23(25)22-18-10-6-8-12-20(18)27-21-13-9-7-11-19(21)22;2-1(3)4/h6-13,16-17,22H,14-15H2,1-5H3;/q+1;-1. The minimum Gasteiger partial charge on any atom is -0.459 e. The molecule has 0 radical (unpaired) electrons. The van der Waals surface area contributed by atoms with E-state index < -0.39 is 11.0 Å². The molecule has 0 saturated heterocycles. The number of rotatable bonds is 6. The first kappa shape index (κ1) is 24.1. The van der Waals surface area contributed by atoms with Crippen LogP contribution < -0.4 is 4.74 Å². The minimum absolute atomic E-state index is 0.211. The SMILES string of the molecule is CC(C)[N+](C)(CCOC(=O)C1c2ccccc2Oc2ccccc21)C(C)C.O=[N+]([O-])[O-]. The van der Waals surface area contributed by atoms with Crippen molar-refractivity contribution in [1.29, 1.82) is 0 Å². The quantitative estimate of drug-likeness (QED) is 0.290. The Hall–Kier alpha value is -3.13. The summed E-state index contributed by atoms with van der Waals surface area (Å²) in [4.78, 5) is 21.3. The Kier molecular flexibility index (Phi) is 7.99. The Bertz CT molecular complexity index is 855. The summed E-state index contributed by atoms with van der Waals surface area (Å²) in [6.07, 6.45) is 0. The molecule has 0 aromatic heterocycles. The number of hydrogen-bond donors (Lipinski definition) is 0. The van der Waals surface area contributed by atoms with Crippen molar-refractivity contribution in [3.8, 4) is 11.5 Å². The highest BCUT2D eigenvalue weighted by molar-refractivity contribution is 5.85. The molecular weight excluding hydrogens is 400 g/mol. The van der Waals surface area contributed by atoms with Crippen LogP contribution in [-0.4, -0.2) is 47.8 Å². The van der Waals surface area contributed by atoms with Gasteiger partial charge in [-0.05, 0) is 39.8 Å². The zero-order valence-electron chi connectivity index (χ0n) is 18.6. The molecule has 0 saturated carbocycles. The van der Waals surface area contributed by atoms with E-state index in [4.69, 9.17) is 24.8 Å². The zero-order chi connectivity index (χ0) is 23.2. The molecule has 8 heteroatoms. The summed E-state index contributed by atoms with van der Waals surface area (Å²) < 4.78 is 12.6. The molecule has 0 N–H and O–H groups in total. The van der Waals surface area contributed by atoms with Crippen LogP contribution >= 0.6 is 0 Å². The lowest BCUT2D eigenvalue weighted by atomic mass is 9.88. The maximum atomic E-state index is 13.1. The van der Waals surface area contributed by atoms with Gasteiger partial charge < -0.3 is 29.3 Å². The Labute approximate surface area is 182 Å². The van der Waals surface area contributed by atoms with Gasteiger partial charge in [-0.3, -0.25) is 4.79 Å². The van der Waals surface area contributed by atoms with Gasteiger partial charge in [-0.2, -0.15) is 0 Å². The van der Waals surface area contributed by atoms with Gasteiger partial charge in [-0.15, -0.1) is 0 Å². The number of hydrogen-bond acceptors (Lipinski definition) is 6. The predicted octanol–water partition coefficient (Wildman–Crippen LogP) is 4.49. The molecule has 0 amide bonds. The van der Waals surface area contributed by atoms with Gasteiger partial charge in [0.05, 0.1) is 24.2 Å². The highest BCUT2D eigenvalue weighted by atomic mass is 16.9. The monoisotopic (exact) mass is 430 g/mol. The molecule has 2 aromatic rings. The second-order valence-corrected chi connectivity index (χ2v) is 8.26. The largest absolute Gasteiger partial charge is 0.459 e. The molecule has 8 nitrogen and oxygen atoms in total. The average Bonchev–Trinajstić information content (AvgIpc) is 2.70. The van der Waals surface area contributed by atoms with Crippen LogP contribution in [0.4, 0.5) is 0 Å². The maximum absolute atomic E-state index is 13.1. The van der Waals surface area contributed by atoms with Crippen LogP contribution in [0.1, 0.15) is 44.7 Å². The normalized spacial score (nSPS) is 12.9. The summed E-state index contributed by atoms with van der Waals surface area (Å²) in [7, 11) is 2.22. The molecule has 31 heavy (non-hydrogen) atoms. The summed E-state index contributed by atoms with van der Waals surface area (Å²) in [5, 5.41) is 14.8. The van der Waals surface area contributed by atoms with Crippen molar-refractivity contribution >= 4 is 5.97 Å². The molecule has 1 heterocycles. The van der Waals surface area contributed by atoms with E-state index in [0.29, 0.717) is 18.7 Å². The third-order valence-electron chi connectivity index (χ3n) is 6.09. The number of quaternary nitrogens is 1. The van der Waals surface area contributed by atoms with Gasteiger partial charge >= 0.3 is 5.97 Å². The number of nitrogens with zero attached hydrogens (tertiary/aromatic N) is 2. The van der Waals surface area contributed by atoms with Crippen molar-refractivity contribution in [1.82, 2.24) is 0 Å². The highest BCUT2D eigenvalue weighted by Crippen LogP contribution is 2.44. The average molecular weight is 431 g/mol. The summed E-state index contributed by atoms with van der Waals surface area (Å²) in [5.74, 6) is 0.798. The summed E-state index contributed by atoms with van der Waals surface area (Å²) >= 11 is 0. The van der Waals surface area contributed by atoms with E-state index in [2.05, 4.69) is 34.7 Å². The van der Waals surface area contributed by atoms with E-state index in [0.717, 1.165) is 33.7 Å². The highest BCUT2D eigenvalue weighted by Gasteiger charge is 2.35. The molecule has 3 rings (SSSR count). The van der Waals surface area contributed by atoms with Crippen LogP contribution in [0.3, 0.4) is 0 Å². The lowest BCUT2D eigenvalue weighted by Gasteiger charge is -2.42. The third-order valence-corrected chi connectivity index (χ3v) is 6.09. The summed E-state index contributed by atoms with van der Waals surface area (Å²) in [5.41, 5.74) is 1.73. The van der Waals surface area contributed by atoms with Crippen molar-refractivity contribution in [3.63, 3.8) is 0 Å². The number of likely N-dealkylation sites (N-methyl/N-ethyl adjacent to an activating group) is 1. The first-order chi connectivity index (χ1) is 14.6. The van der Waals surface area contributed by atoms with E-state index in [1.807, 2.05) is 48.5 Å². The third kappa shape index (κ3) is 5.73. The van der Waals surface area contributed by atoms with E-state index >= 15 is 0 Å². The zero-order valence-corrected chi connectivity index (χ0v) is 18.6. The molecule has 0 unspecified atom stereocenters. The molecule has 2 aromatic carbocycles. The molecule has 168 valence electrons. The lowest BCUT2D eigenvalue weighted by Crippen LogP contribution is -2.56. The van der Waals surface area contributed by atoms with Crippen LogP contribution in [0.5, 0.6) is 11.5 Å². The van der Waals surface area contributed by atoms with Gasteiger partial charge in [-0.25, -0.2) is 0 Å². The number of ether oxygens (including phenoxy) is 2. The van der Waals surface area contributed by atoms with Gasteiger partial charge in [0.1, 0.15) is 30.6 Å². The fourth-order valence-corrected chi connectivity index (χ4v) is 3.70. The molecular formula is C23H30N2O6. The molecule has 0 fully saturated rings. The van der Waals surface area contributed by atoms with E-state index in [1.165, 1.54) is 0 Å². The molecule has 0 atom stereocenters. The molecule has 1 aliphatic rings. The molecule has 1 aliphatic heterocycles.